The second-order valence-corrected chi connectivity index (χ2v) is 2.82. The first kappa shape index (κ1) is 11.7. The van der Waals surface area contributed by atoms with Crippen molar-refractivity contribution in [1.82, 2.24) is 9.80 Å². The van der Waals surface area contributed by atoms with E-state index in [-0.39, 0.29) is 0 Å². The second kappa shape index (κ2) is 6.25. The maximum atomic E-state index is 10.9. The Hall–Kier alpha value is -1.29. The van der Waals surface area contributed by atoms with E-state index >= 15 is 0 Å². The van der Waals surface area contributed by atoms with Crippen molar-refractivity contribution in [2.45, 2.75) is 0 Å². The lowest BCUT2D eigenvalue weighted by atomic mass is 10.5. The summed E-state index contributed by atoms with van der Waals surface area (Å²) in [6.07, 6.45) is 3.42. The maximum Gasteiger partial charge on any atom is 0.316 e. The number of hydrogen-bond acceptors (Lipinski definition) is 2. The van der Waals surface area contributed by atoms with Crippen LogP contribution in [0.2, 0.25) is 0 Å². The molecule has 0 aromatic heterocycles. The van der Waals surface area contributed by atoms with E-state index in [0.717, 1.165) is 6.54 Å². The zero-order valence-corrected chi connectivity index (χ0v) is 8.07. The van der Waals surface area contributed by atoms with Gasteiger partial charge in [-0.15, -0.1) is 13.2 Å². The number of hydrogen-bond donors (Lipinski definition) is 1. The van der Waals surface area contributed by atoms with Crippen LogP contribution in [-0.2, 0) is 0 Å². The van der Waals surface area contributed by atoms with Crippen LogP contribution < -0.4 is 5.73 Å². The van der Waals surface area contributed by atoms with Gasteiger partial charge < -0.3 is 10.6 Å². The average Bonchev–Trinajstić information content (AvgIpc) is 2.04. The molecule has 0 heterocycles. The monoisotopic (exact) mass is 183 g/mol. The van der Waals surface area contributed by atoms with E-state index in [9.17, 15) is 4.79 Å². The van der Waals surface area contributed by atoms with Crippen molar-refractivity contribution in [2.75, 3.05) is 26.8 Å². The van der Waals surface area contributed by atoms with Gasteiger partial charge in [0.25, 0.3) is 0 Å². The topological polar surface area (TPSA) is 49.6 Å². The standard InChI is InChI=1S/C9H17N3O/c1-4-6-11(3)8-12(7-5-2)9(10)13/h4-5H,1-2,6-8H2,3H3,(H2,10,13). The molecule has 0 aliphatic heterocycles. The minimum absolute atomic E-state index is 0.434. The molecule has 0 saturated carbocycles. The molecule has 74 valence electrons. The molecule has 0 bridgehead atoms. The number of carbonyl (C=O) groups is 1. The van der Waals surface area contributed by atoms with E-state index in [4.69, 9.17) is 5.73 Å². The maximum absolute atomic E-state index is 10.9. The Labute approximate surface area is 79.3 Å². The number of urea groups is 1. The van der Waals surface area contributed by atoms with Crippen molar-refractivity contribution in [3.8, 4) is 0 Å². The van der Waals surface area contributed by atoms with Gasteiger partial charge in [-0.05, 0) is 7.05 Å². The first-order valence-electron chi connectivity index (χ1n) is 4.06. The smallest absolute Gasteiger partial charge is 0.316 e. The summed E-state index contributed by atoms with van der Waals surface area (Å²) in [5.74, 6) is 0. The van der Waals surface area contributed by atoms with Gasteiger partial charge in [-0.1, -0.05) is 12.2 Å². The van der Waals surface area contributed by atoms with Crippen molar-refractivity contribution in [1.29, 1.82) is 0 Å². The summed E-state index contributed by atoms with van der Waals surface area (Å²) in [7, 11) is 1.89. The zero-order valence-electron chi connectivity index (χ0n) is 8.07. The van der Waals surface area contributed by atoms with Gasteiger partial charge >= 0.3 is 6.03 Å². The Bertz CT molecular complexity index is 191. The molecular weight excluding hydrogens is 166 g/mol. The lowest BCUT2D eigenvalue weighted by molar-refractivity contribution is 0.176. The van der Waals surface area contributed by atoms with Gasteiger partial charge in [0.2, 0.25) is 0 Å². The summed E-state index contributed by atoms with van der Waals surface area (Å²) < 4.78 is 0. The lowest BCUT2D eigenvalue weighted by Crippen LogP contribution is -2.42. The highest BCUT2D eigenvalue weighted by molar-refractivity contribution is 5.72. The van der Waals surface area contributed by atoms with Crippen LogP contribution in [0.25, 0.3) is 0 Å². The number of nitrogens with zero attached hydrogens (tertiary/aromatic N) is 2. The van der Waals surface area contributed by atoms with Crippen LogP contribution in [0, 0.1) is 0 Å². The van der Waals surface area contributed by atoms with Crippen molar-refractivity contribution in [2.24, 2.45) is 5.73 Å². The molecule has 0 aromatic rings. The Balaban J connectivity index is 4.00. The molecule has 2 N–H and O–H groups in total. The fraction of sp³-hybridized carbons (Fsp3) is 0.444. The van der Waals surface area contributed by atoms with Crippen LogP contribution in [0.3, 0.4) is 0 Å². The molecule has 2 amide bonds. The number of nitrogens with two attached hydrogens (primary N) is 1. The molecule has 0 radical (unpaired) electrons. The molecule has 0 atom stereocenters. The molecule has 0 fully saturated rings. The lowest BCUT2D eigenvalue weighted by Gasteiger charge is -2.24. The molecule has 0 unspecified atom stereocenters. The van der Waals surface area contributed by atoms with Crippen LogP contribution in [0.1, 0.15) is 0 Å². The van der Waals surface area contributed by atoms with Crippen molar-refractivity contribution in [3.05, 3.63) is 25.3 Å². The van der Waals surface area contributed by atoms with E-state index in [2.05, 4.69) is 13.2 Å². The largest absolute Gasteiger partial charge is 0.351 e. The first-order chi connectivity index (χ1) is 6.11. The first-order valence-corrected chi connectivity index (χ1v) is 4.06. The minimum Gasteiger partial charge on any atom is -0.351 e. The fourth-order valence-electron chi connectivity index (χ4n) is 0.943. The number of amides is 2. The Morgan fingerprint density at radius 3 is 2.31 bits per heavy atom. The van der Waals surface area contributed by atoms with Gasteiger partial charge in [0.05, 0.1) is 6.67 Å². The molecule has 4 nitrogen and oxygen atoms in total. The van der Waals surface area contributed by atoms with E-state index in [1.807, 2.05) is 11.9 Å². The summed E-state index contributed by atoms with van der Waals surface area (Å²) in [4.78, 5) is 14.3. The highest BCUT2D eigenvalue weighted by atomic mass is 16.2. The van der Waals surface area contributed by atoms with E-state index in [1.54, 1.807) is 12.2 Å². The van der Waals surface area contributed by atoms with Crippen LogP contribution in [0.5, 0.6) is 0 Å². The van der Waals surface area contributed by atoms with Gasteiger partial charge in [-0.2, -0.15) is 0 Å². The molecule has 4 heteroatoms. The van der Waals surface area contributed by atoms with Crippen LogP contribution in [-0.4, -0.2) is 42.6 Å². The molecule has 13 heavy (non-hydrogen) atoms. The Morgan fingerprint density at radius 1 is 1.38 bits per heavy atom. The third-order valence-electron chi connectivity index (χ3n) is 1.51. The van der Waals surface area contributed by atoms with Crippen molar-refractivity contribution < 1.29 is 4.79 Å². The van der Waals surface area contributed by atoms with Gasteiger partial charge in [-0.3, -0.25) is 4.90 Å². The molecule has 0 aromatic carbocycles. The quantitative estimate of drug-likeness (QED) is 0.485. The summed E-state index contributed by atoms with van der Waals surface area (Å²) >= 11 is 0. The van der Waals surface area contributed by atoms with Crippen LogP contribution in [0.4, 0.5) is 4.79 Å². The summed E-state index contributed by atoms with van der Waals surface area (Å²) in [6.45, 7) is 8.84. The predicted molar refractivity (Wildman–Crippen MR) is 54.2 cm³/mol. The minimum atomic E-state index is -0.434. The Morgan fingerprint density at radius 2 is 1.92 bits per heavy atom. The third-order valence-corrected chi connectivity index (χ3v) is 1.51. The molecular formula is C9H17N3O. The van der Waals surface area contributed by atoms with Gasteiger partial charge in [0.1, 0.15) is 0 Å². The molecule has 0 aliphatic rings. The van der Waals surface area contributed by atoms with E-state index < -0.39 is 6.03 Å². The summed E-state index contributed by atoms with van der Waals surface area (Å²) in [6, 6.07) is -0.434. The number of carbonyl (C=O) groups excluding carboxylic acids is 1. The SMILES string of the molecule is C=CCN(C)CN(CC=C)C(N)=O. The van der Waals surface area contributed by atoms with Gasteiger partial charge in [-0.25, -0.2) is 4.79 Å². The zero-order chi connectivity index (χ0) is 10.3. The van der Waals surface area contributed by atoms with E-state index in [0.29, 0.717) is 13.2 Å². The number of primary amides is 1. The molecule has 0 spiro atoms. The van der Waals surface area contributed by atoms with Gasteiger partial charge in [0.15, 0.2) is 0 Å². The van der Waals surface area contributed by atoms with Crippen molar-refractivity contribution >= 4 is 6.03 Å². The summed E-state index contributed by atoms with van der Waals surface area (Å²) in [5.41, 5.74) is 5.15. The summed E-state index contributed by atoms with van der Waals surface area (Å²) in [5, 5.41) is 0. The molecule has 0 aliphatic carbocycles. The van der Waals surface area contributed by atoms with E-state index in [1.165, 1.54) is 4.90 Å². The molecule has 0 rings (SSSR count). The van der Waals surface area contributed by atoms with Crippen molar-refractivity contribution in [3.63, 3.8) is 0 Å². The average molecular weight is 183 g/mol. The third kappa shape index (κ3) is 5.03. The number of likely N-dealkylation sites (N-methyl/N-ethyl adjacent to an activating group) is 1. The molecule has 0 saturated heterocycles. The van der Waals surface area contributed by atoms with Crippen LogP contribution in [0.15, 0.2) is 25.3 Å². The number of rotatable bonds is 6. The normalized spacial score (nSPS) is 9.69. The highest BCUT2D eigenvalue weighted by Gasteiger charge is 2.08. The predicted octanol–water partition coefficient (Wildman–Crippen LogP) is 0.628. The fourth-order valence-corrected chi connectivity index (χ4v) is 0.943. The van der Waals surface area contributed by atoms with Gasteiger partial charge in [0, 0.05) is 13.1 Å². The Kier molecular flexibility index (Phi) is 5.63. The van der Waals surface area contributed by atoms with Crippen LogP contribution >= 0.6 is 0 Å². The highest BCUT2D eigenvalue weighted by Crippen LogP contribution is 1.92. The second-order valence-electron chi connectivity index (χ2n) is 2.82.